The highest BCUT2D eigenvalue weighted by atomic mass is 32.2. The second-order valence-corrected chi connectivity index (χ2v) is 6.04. The van der Waals surface area contributed by atoms with Gasteiger partial charge in [-0.05, 0) is 6.42 Å². The monoisotopic (exact) mass is 308 g/mol. The molecule has 3 rings (SSSR count). The van der Waals surface area contributed by atoms with Gasteiger partial charge < -0.3 is 10.2 Å². The van der Waals surface area contributed by atoms with Crippen LogP contribution in [0.5, 0.6) is 0 Å². The maximum Gasteiger partial charge on any atom is 0.267 e. The Hall–Kier alpha value is -1.83. The fourth-order valence-corrected chi connectivity index (χ4v) is 3.60. The van der Waals surface area contributed by atoms with Crippen LogP contribution in [0.15, 0.2) is 16.1 Å². The van der Waals surface area contributed by atoms with Gasteiger partial charge in [-0.2, -0.15) is 0 Å². The number of amides is 2. The Morgan fingerprint density at radius 3 is 3.05 bits per heavy atom. The molecular weight excluding hydrogens is 292 g/mol. The summed E-state index contributed by atoms with van der Waals surface area (Å²) in [6.07, 6.45) is 1.86. The third-order valence-corrected chi connectivity index (χ3v) is 4.74. The first-order chi connectivity index (χ1) is 10.1. The quantitative estimate of drug-likeness (QED) is 0.758. The third kappa shape index (κ3) is 2.33. The second-order valence-electron chi connectivity index (χ2n) is 4.97. The molecule has 1 saturated heterocycles. The molecule has 2 aliphatic heterocycles. The lowest BCUT2D eigenvalue weighted by molar-refractivity contribution is -0.127. The zero-order valence-electron chi connectivity index (χ0n) is 11.7. The highest BCUT2D eigenvalue weighted by molar-refractivity contribution is 7.99. The summed E-state index contributed by atoms with van der Waals surface area (Å²) < 4.78 is 1.53. The number of carbonyl (C=O) groups is 2. The van der Waals surface area contributed by atoms with Crippen LogP contribution in [0.2, 0.25) is 0 Å². The molecule has 0 saturated carbocycles. The van der Waals surface area contributed by atoms with E-state index in [9.17, 15) is 14.4 Å². The number of fused-ring (bicyclic) bond motifs is 1. The predicted molar refractivity (Wildman–Crippen MR) is 77.3 cm³/mol. The molecule has 8 heteroatoms. The number of hydrogen-bond donors (Lipinski definition) is 1. The molecule has 3 heterocycles. The number of rotatable bonds is 2. The fraction of sp³-hybridized carbons (Fsp3) is 0.538. The van der Waals surface area contributed by atoms with Gasteiger partial charge in [0, 0.05) is 31.6 Å². The van der Waals surface area contributed by atoms with Crippen molar-refractivity contribution in [1.82, 2.24) is 19.8 Å². The van der Waals surface area contributed by atoms with Crippen molar-refractivity contribution in [3.05, 3.63) is 22.1 Å². The highest BCUT2D eigenvalue weighted by Gasteiger charge is 2.34. The lowest BCUT2D eigenvalue weighted by Gasteiger charge is -2.34. The number of nitrogens with zero attached hydrogens (tertiary/aromatic N) is 3. The lowest BCUT2D eigenvalue weighted by atomic mass is 10.1. The summed E-state index contributed by atoms with van der Waals surface area (Å²) in [5.74, 6) is 0.229. The second kappa shape index (κ2) is 5.51. The Labute approximate surface area is 125 Å². The van der Waals surface area contributed by atoms with Gasteiger partial charge in [0.1, 0.15) is 11.6 Å². The smallest absolute Gasteiger partial charge is 0.267 e. The van der Waals surface area contributed by atoms with Gasteiger partial charge >= 0.3 is 0 Å². The van der Waals surface area contributed by atoms with E-state index in [4.69, 9.17) is 0 Å². The summed E-state index contributed by atoms with van der Waals surface area (Å²) in [6.45, 7) is 3.25. The van der Waals surface area contributed by atoms with Gasteiger partial charge in [0.05, 0.1) is 0 Å². The van der Waals surface area contributed by atoms with Crippen LogP contribution >= 0.6 is 11.8 Å². The van der Waals surface area contributed by atoms with E-state index in [1.807, 2.05) is 6.92 Å². The minimum atomic E-state index is -0.515. The summed E-state index contributed by atoms with van der Waals surface area (Å²) in [5.41, 5.74) is -0.259. The van der Waals surface area contributed by atoms with E-state index in [1.165, 1.54) is 27.4 Å². The van der Waals surface area contributed by atoms with Gasteiger partial charge in [-0.25, -0.2) is 4.98 Å². The van der Waals surface area contributed by atoms with Crippen molar-refractivity contribution < 1.29 is 9.59 Å². The van der Waals surface area contributed by atoms with E-state index in [0.29, 0.717) is 31.2 Å². The molecule has 1 aromatic rings. The van der Waals surface area contributed by atoms with E-state index >= 15 is 0 Å². The number of hydrogen-bond acceptors (Lipinski definition) is 5. The molecular formula is C13H16N4O3S. The lowest BCUT2D eigenvalue weighted by Crippen LogP contribution is -2.57. The molecule has 1 unspecified atom stereocenters. The van der Waals surface area contributed by atoms with Gasteiger partial charge in [-0.3, -0.25) is 19.0 Å². The van der Waals surface area contributed by atoms with E-state index < -0.39 is 11.9 Å². The molecule has 0 aliphatic carbocycles. The van der Waals surface area contributed by atoms with Gasteiger partial charge in [0.2, 0.25) is 5.91 Å². The van der Waals surface area contributed by atoms with Crippen LogP contribution in [-0.2, 0) is 11.3 Å². The maximum absolute atomic E-state index is 12.6. The van der Waals surface area contributed by atoms with Crippen molar-refractivity contribution in [1.29, 1.82) is 0 Å². The van der Waals surface area contributed by atoms with Crippen LogP contribution in [0, 0.1) is 0 Å². The minimum absolute atomic E-state index is 0.0504. The van der Waals surface area contributed by atoms with Gasteiger partial charge in [0.15, 0.2) is 5.16 Å². The molecule has 0 aromatic carbocycles. The maximum atomic E-state index is 12.6. The van der Waals surface area contributed by atoms with Crippen molar-refractivity contribution in [2.75, 3.05) is 18.8 Å². The molecule has 1 fully saturated rings. The first kappa shape index (κ1) is 14.1. The van der Waals surface area contributed by atoms with Crippen molar-refractivity contribution in [2.24, 2.45) is 0 Å². The summed E-state index contributed by atoms with van der Waals surface area (Å²) in [4.78, 5) is 42.5. The van der Waals surface area contributed by atoms with Gasteiger partial charge in [-0.1, -0.05) is 18.7 Å². The number of nitrogens with one attached hydrogen (secondary N) is 1. The Kier molecular flexibility index (Phi) is 3.71. The average molecular weight is 308 g/mol. The molecule has 0 radical (unpaired) electrons. The van der Waals surface area contributed by atoms with Crippen LogP contribution in [0.3, 0.4) is 0 Å². The van der Waals surface area contributed by atoms with E-state index in [2.05, 4.69) is 10.3 Å². The van der Waals surface area contributed by atoms with Gasteiger partial charge in [-0.15, -0.1) is 0 Å². The van der Waals surface area contributed by atoms with Crippen LogP contribution in [0.1, 0.15) is 23.7 Å². The first-order valence-electron chi connectivity index (χ1n) is 6.94. The molecule has 2 aliphatic rings. The Balaban J connectivity index is 1.95. The number of thioether (sulfide) groups is 1. The van der Waals surface area contributed by atoms with Crippen LogP contribution in [0.25, 0.3) is 0 Å². The molecule has 0 bridgehead atoms. The summed E-state index contributed by atoms with van der Waals surface area (Å²) in [6, 6.07) is -0.515. The number of aromatic nitrogens is 2. The topological polar surface area (TPSA) is 84.3 Å². The zero-order chi connectivity index (χ0) is 15.0. The van der Waals surface area contributed by atoms with Crippen molar-refractivity contribution >= 4 is 23.6 Å². The normalized spacial score (nSPS) is 21.1. The number of piperazine rings is 1. The minimum Gasteiger partial charge on any atom is -0.353 e. The summed E-state index contributed by atoms with van der Waals surface area (Å²) in [5, 5.41) is 3.39. The van der Waals surface area contributed by atoms with Crippen molar-refractivity contribution in [2.45, 2.75) is 31.1 Å². The SMILES string of the molecule is CCC1C(=O)NCCN1C(=O)c1cnc2n(c1=O)CCS2. The van der Waals surface area contributed by atoms with Crippen LogP contribution in [-0.4, -0.2) is 51.1 Å². The summed E-state index contributed by atoms with van der Waals surface area (Å²) >= 11 is 1.51. The molecule has 7 nitrogen and oxygen atoms in total. The Morgan fingerprint density at radius 2 is 2.29 bits per heavy atom. The standard InChI is InChI=1S/C13H16N4O3S/c1-2-9-10(18)14-3-4-16(9)11(19)8-7-15-13-17(12(8)20)5-6-21-13/h7,9H,2-6H2,1H3,(H,14,18). The molecule has 21 heavy (non-hydrogen) atoms. The molecule has 112 valence electrons. The van der Waals surface area contributed by atoms with Crippen molar-refractivity contribution in [3.63, 3.8) is 0 Å². The molecule has 1 N–H and O–H groups in total. The highest BCUT2D eigenvalue weighted by Crippen LogP contribution is 2.21. The van der Waals surface area contributed by atoms with Crippen molar-refractivity contribution in [3.8, 4) is 0 Å². The molecule has 1 aromatic heterocycles. The Morgan fingerprint density at radius 1 is 1.48 bits per heavy atom. The summed E-state index contributed by atoms with van der Waals surface area (Å²) in [7, 11) is 0. The van der Waals surface area contributed by atoms with E-state index in [-0.39, 0.29) is 17.0 Å². The third-order valence-electron chi connectivity index (χ3n) is 3.77. The Bertz CT molecular complexity index is 657. The first-order valence-corrected chi connectivity index (χ1v) is 7.93. The van der Waals surface area contributed by atoms with Crippen LogP contribution < -0.4 is 10.9 Å². The molecule has 1 atom stereocenters. The fourth-order valence-electron chi connectivity index (χ4n) is 2.68. The zero-order valence-corrected chi connectivity index (χ0v) is 12.5. The van der Waals surface area contributed by atoms with E-state index in [0.717, 1.165) is 5.75 Å². The number of carbonyl (C=O) groups excluding carboxylic acids is 2. The molecule has 0 spiro atoms. The van der Waals surface area contributed by atoms with Crippen LogP contribution in [0.4, 0.5) is 0 Å². The average Bonchev–Trinajstić information content (AvgIpc) is 2.96. The van der Waals surface area contributed by atoms with E-state index in [1.54, 1.807) is 0 Å². The largest absolute Gasteiger partial charge is 0.353 e. The predicted octanol–water partition coefficient (Wildman–Crippen LogP) is -0.300. The van der Waals surface area contributed by atoms with Gasteiger partial charge in [0.25, 0.3) is 11.5 Å². The molecule has 2 amide bonds.